The largest absolute Gasteiger partial charge is 0.363 e. The first kappa shape index (κ1) is 10.8. The highest BCUT2D eigenvalue weighted by Crippen LogP contribution is 2.18. The van der Waals surface area contributed by atoms with E-state index in [1.54, 1.807) is 0 Å². The van der Waals surface area contributed by atoms with E-state index in [0.29, 0.717) is 17.4 Å². The van der Waals surface area contributed by atoms with Crippen LogP contribution in [0.4, 0.5) is 5.82 Å². The zero-order chi connectivity index (χ0) is 11.5. The van der Waals surface area contributed by atoms with Crippen molar-refractivity contribution in [1.82, 2.24) is 15.5 Å². The smallest absolute Gasteiger partial charge is 0.167 e. The predicted molar refractivity (Wildman–Crippen MR) is 61.1 cm³/mol. The third-order valence-corrected chi connectivity index (χ3v) is 2.97. The fraction of sp³-hybridized carbons (Fsp3) is 0.545. The molecule has 2 heterocycles. The minimum atomic E-state index is 0.350. The molecule has 1 aromatic rings. The summed E-state index contributed by atoms with van der Waals surface area (Å²) in [6.45, 7) is 5.70. The zero-order valence-corrected chi connectivity index (χ0v) is 9.54. The van der Waals surface area contributed by atoms with Crippen molar-refractivity contribution in [3.63, 3.8) is 0 Å². The highest BCUT2D eigenvalue weighted by Gasteiger charge is 2.18. The van der Waals surface area contributed by atoms with Crippen molar-refractivity contribution in [1.29, 1.82) is 5.26 Å². The first-order valence-corrected chi connectivity index (χ1v) is 5.43. The van der Waals surface area contributed by atoms with E-state index >= 15 is 0 Å². The highest BCUT2D eigenvalue weighted by molar-refractivity contribution is 5.56. The third-order valence-electron chi connectivity index (χ3n) is 2.97. The van der Waals surface area contributed by atoms with Gasteiger partial charge in [0.2, 0.25) is 0 Å². The Morgan fingerprint density at radius 2 is 2.25 bits per heavy atom. The summed E-state index contributed by atoms with van der Waals surface area (Å²) in [5, 5.41) is 23.8. The second-order valence-electron chi connectivity index (χ2n) is 4.08. The van der Waals surface area contributed by atoms with E-state index < -0.39 is 0 Å². The van der Waals surface area contributed by atoms with Gasteiger partial charge in [-0.15, -0.1) is 5.10 Å². The van der Waals surface area contributed by atoms with Crippen molar-refractivity contribution >= 4 is 5.82 Å². The molecule has 0 spiro atoms. The Bertz CT molecular complexity index is 429. The predicted octanol–water partition coefficient (Wildman–Crippen LogP) is 0.739. The third kappa shape index (κ3) is 1.97. The van der Waals surface area contributed by atoms with Crippen LogP contribution in [0, 0.1) is 25.2 Å². The first-order chi connectivity index (χ1) is 7.72. The summed E-state index contributed by atoms with van der Waals surface area (Å²) in [6, 6.07) is 2.54. The number of rotatable bonds is 2. The fourth-order valence-corrected chi connectivity index (χ4v) is 1.82. The highest BCUT2D eigenvalue weighted by atomic mass is 15.2. The monoisotopic (exact) mass is 217 g/mol. The SMILES string of the molecule is Cc1nnc(NC2CCNC2)c(C#N)c1C. The van der Waals surface area contributed by atoms with Crippen molar-refractivity contribution in [3.8, 4) is 6.07 Å². The Morgan fingerprint density at radius 1 is 1.44 bits per heavy atom. The molecule has 0 bridgehead atoms. The lowest BCUT2D eigenvalue weighted by molar-refractivity contribution is 0.778. The molecule has 16 heavy (non-hydrogen) atoms. The topological polar surface area (TPSA) is 73.6 Å². The lowest BCUT2D eigenvalue weighted by atomic mass is 10.1. The number of nitrogens with zero attached hydrogens (tertiary/aromatic N) is 3. The van der Waals surface area contributed by atoms with Crippen molar-refractivity contribution < 1.29 is 0 Å². The van der Waals surface area contributed by atoms with Crippen LogP contribution in [0.5, 0.6) is 0 Å². The molecule has 1 aliphatic heterocycles. The van der Waals surface area contributed by atoms with Gasteiger partial charge in [0.1, 0.15) is 11.6 Å². The van der Waals surface area contributed by atoms with Crippen molar-refractivity contribution in [2.75, 3.05) is 18.4 Å². The van der Waals surface area contributed by atoms with Crippen LogP contribution in [0.25, 0.3) is 0 Å². The molecule has 0 amide bonds. The maximum absolute atomic E-state index is 9.12. The average Bonchev–Trinajstić information content (AvgIpc) is 2.77. The summed E-state index contributed by atoms with van der Waals surface area (Å²) < 4.78 is 0. The van der Waals surface area contributed by atoms with Crippen LogP contribution in [0.2, 0.25) is 0 Å². The minimum absolute atomic E-state index is 0.350. The maximum Gasteiger partial charge on any atom is 0.167 e. The molecule has 1 aliphatic rings. The molecule has 0 saturated carbocycles. The van der Waals surface area contributed by atoms with Gasteiger partial charge in [0.05, 0.1) is 5.69 Å². The van der Waals surface area contributed by atoms with Gasteiger partial charge in [0.15, 0.2) is 5.82 Å². The van der Waals surface area contributed by atoms with E-state index in [2.05, 4.69) is 26.9 Å². The van der Waals surface area contributed by atoms with Crippen LogP contribution < -0.4 is 10.6 Å². The van der Waals surface area contributed by atoms with Crippen LogP contribution >= 0.6 is 0 Å². The summed E-state index contributed by atoms with van der Waals surface area (Å²) in [6.07, 6.45) is 1.06. The molecular weight excluding hydrogens is 202 g/mol. The standard InChI is InChI=1S/C11H15N5/c1-7-8(2)15-16-11(10(7)5-12)14-9-3-4-13-6-9/h9,13H,3-4,6H2,1-2H3,(H,14,16). The fourth-order valence-electron chi connectivity index (χ4n) is 1.82. The van der Waals surface area contributed by atoms with E-state index in [1.165, 1.54) is 0 Å². The summed E-state index contributed by atoms with van der Waals surface area (Å²) in [5.74, 6) is 0.610. The van der Waals surface area contributed by atoms with Crippen LogP contribution in [-0.2, 0) is 0 Å². The van der Waals surface area contributed by atoms with Gasteiger partial charge in [0.25, 0.3) is 0 Å². The number of hydrogen-bond acceptors (Lipinski definition) is 5. The van der Waals surface area contributed by atoms with E-state index in [4.69, 9.17) is 5.26 Å². The number of hydrogen-bond donors (Lipinski definition) is 2. The van der Waals surface area contributed by atoms with Gasteiger partial charge in [-0.1, -0.05) is 0 Å². The maximum atomic E-state index is 9.12. The molecule has 0 radical (unpaired) electrons. The Hall–Kier alpha value is -1.67. The Labute approximate surface area is 94.9 Å². The van der Waals surface area contributed by atoms with E-state index in [0.717, 1.165) is 30.8 Å². The molecule has 2 rings (SSSR count). The number of anilines is 1. The Morgan fingerprint density at radius 3 is 2.88 bits per heavy atom. The number of nitriles is 1. The molecule has 0 aromatic carbocycles. The zero-order valence-electron chi connectivity index (χ0n) is 9.54. The summed E-state index contributed by atoms with van der Waals surface area (Å²) in [5.41, 5.74) is 2.33. The van der Waals surface area contributed by atoms with Crippen molar-refractivity contribution in [2.45, 2.75) is 26.3 Å². The Balaban J connectivity index is 2.26. The van der Waals surface area contributed by atoms with Gasteiger partial charge < -0.3 is 10.6 Å². The second-order valence-corrected chi connectivity index (χ2v) is 4.08. The molecular formula is C11H15N5. The van der Waals surface area contributed by atoms with Crippen LogP contribution in [-0.4, -0.2) is 29.3 Å². The van der Waals surface area contributed by atoms with Crippen molar-refractivity contribution in [3.05, 3.63) is 16.8 Å². The van der Waals surface area contributed by atoms with Gasteiger partial charge in [-0.25, -0.2) is 0 Å². The van der Waals surface area contributed by atoms with Gasteiger partial charge in [-0.3, -0.25) is 0 Å². The number of aromatic nitrogens is 2. The van der Waals surface area contributed by atoms with Gasteiger partial charge >= 0.3 is 0 Å². The van der Waals surface area contributed by atoms with E-state index in [1.807, 2.05) is 13.8 Å². The molecule has 1 aromatic heterocycles. The lowest BCUT2D eigenvalue weighted by Gasteiger charge is -2.13. The minimum Gasteiger partial charge on any atom is -0.363 e. The van der Waals surface area contributed by atoms with Crippen molar-refractivity contribution in [2.24, 2.45) is 0 Å². The first-order valence-electron chi connectivity index (χ1n) is 5.43. The molecule has 2 N–H and O–H groups in total. The molecule has 5 heteroatoms. The Kier molecular flexibility index (Phi) is 3.02. The summed E-state index contributed by atoms with van der Waals surface area (Å²) in [4.78, 5) is 0. The van der Waals surface area contributed by atoms with E-state index in [-0.39, 0.29) is 0 Å². The quantitative estimate of drug-likeness (QED) is 0.764. The summed E-state index contributed by atoms with van der Waals surface area (Å²) >= 11 is 0. The lowest BCUT2D eigenvalue weighted by Crippen LogP contribution is -2.23. The average molecular weight is 217 g/mol. The van der Waals surface area contributed by atoms with Gasteiger partial charge in [0, 0.05) is 12.6 Å². The van der Waals surface area contributed by atoms with E-state index in [9.17, 15) is 0 Å². The van der Waals surface area contributed by atoms with Crippen LogP contribution in [0.15, 0.2) is 0 Å². The molecule has 84 valence electrons. The van der Waals surface area contributed by atoms with Crippen LogP contribution in [0.1, 0.15) is 23.2 Å². The number of nitrogens with one attached hydrogen (secondary N) is 2. The molecule has 0 aliphatic carbocycles. The summed E-state index contributed by atoms with van der Waals surface area (Å²) in [7, 11) is 0. The van der Waals surface area contributed by atoms with Crippen LogP contribution in [0.3, 0.4) is 0 Å². The molecule has 5 nitrogen and oxygen atoms in total. The molecule has 1 unspecified atom stereocenters. The normalized spacial score (nSPS) is 19.4. The molecule has 1 saturated heterocycles. The number of aryl methyl sites for hydroxylation is 1. The molecule has 1 atom stereocenters. The van der Waals surface area contributed by atoms with Gasteiger partial charge in [-0.05, 0) is 32.4 Å². The molecule has 1 fully saturated rings. The second kappa shape index (κ2) is 4.45. The van der Waals surface area contributed by atoms with Gasteiger partial charge in [-0.2, -0.15) is 10.4 Å².